The van der Waals surface area contributed by atoms with E-state index < -0.39 is 71.1 Å². The minimum atomic E-state index is -5.08. The Morgan fingerprint density at radius 1 is 1.05 bits per heavy atom. The van der Waals surface area contributed by atoms with E-state index in [0.29, 0.717) is 5.57 Å². The normalized spacial score (nSPS) is 17.1. The minimum absolute atomic E-state index is 0.0430. The lowest BCUT2D eigenvalue weighted by atomic mass is 10.0. The molecule has 302 valence electrons. The van der Waals surface area contributed by atoms with Gasteiger partial charge in [0.25, 0.3) is 11.8 Å². The van der Waals surface area contributed by atoms with Crippen molar-refractivity contribution in [2.24, 2.45) is 5.16 Å². The number of hydrogen-bond acceptors (Lipinski definition) is 17. The maximum atomic E-state index is 13.6. The van der Waals surface area contributed by atoms with Gasteiger partial charge in [-0.2, -0.15) is 13.2 Å². The predicted octanol–water partition coefficient (Wildman–Crippen LogP) is 2.97. The molecule has 0 unspecified atom stereocenters. The number of amides is 2. The molecule has 4 heterocycles. The first-order valence-corrected chi connectivity index (χ1v) is 18.3. The van der Waals surface area contributed by atoms with E-state index in [1.807, 2.05) is 6.92 Å². The molecule has 5 rings (SSSR count). The number of nitrogens with one attached hydrogen (secondary N) is 1. The van der Waals surface area contributed by atoms with Crippen molar-refractivity contribution in [2.75, 3.05) is 11.5 Å². The highest BCUT2D eigenvalue weighted by molar-refractivity contribution is 8.00. The van der Waals surface area contributed by atoms with Crippen molar-refractivity contribution in [3.8, 4) is 11.5 Å². The first-order chi connectivity index (χ1) is 26.7. The van der Waals surface area contributed by atoms with Gasteiger partial charge < -0.3 is 40.7 Å². The van der Waals surface area contributed by atoms with Crippen LogP contribution in [0.25, 0.3) is 6.08 Å². The number of β-lactam (4-membered cyclic amide) rings is 1. The van der Waals surface area contributed by atoms with Gasteiger partial charge in [-0.3, -0.25) is 24.1 Å². The van der Waals surface area contributed by atoms with Crippen LogP contribution in [0, 0.1) is 6.92 Å². The summed E-state index contributed by atoms with van der Waals surface area (Å²) in [6, 6.07) is 2.32. The number of aliphatic carboxylic acids is 3. The van der Waals surface area contributed by atoms with Crippen molar-refractivity contribution >= 4 is 93.0 Å². The second-order valence-corrected chi connectivity index (χ2v) is 14.1. The number of carbonyl (C=O) groups excluding carboxylic acids is 4. The van der Waals surface area contributed by atoms with Gasteiger partial charge in [-0.05, 0) is 30.7 Å². The molecule has 25 heteroatoms. The fourth-order valence-corrected chi connectivity index (χ4v) is 7.30. The van der Waals surface area contributed by atoms with Crippen molar-refractivity contribution in [1.82, 2.24) is 20.2 Å². The topological polar surface area (TPSA) is 287 Å². The number of oxime groups is 1. The number of thiazole rings is 2. The number of benzene rings is 1. The molecule has 0 spiro atoms. The SMILES string of the molecule is CC(=O)Oc1ccc([C@@H](ON=C(C(=O)N[C@@H]2C(=O)N3C(C(=O)O)=C(/C=C\c4scnc4C)CS[C@@H]23)c2csc(N)n2)C(=O)O)cc1OC(C)=O.O=C(O)C(F)(F)F. The molecule has 0 saturated carbocycles. The zero-order valence-corrected chi connectivity index (χ0v) is 31.6. The lowest BCUT2D eigenvalue weighted by Crippen LogP contribution is -2.71. The van der Waals surface area contributed by atoms with Crippen LogP contribution in [0.5, 0.6) is 11.5 Å². The summed E-state index contributed by atoms with van der Waals surface area (Å²) in [5.74, 6) is -9.06. The van der Waals surface area contributed by atoms with E-state index in [0.717, 1.165) is 46.7 Å². The number of allylic oxidation sites excluding steroid dienone is 1. The zero-order chi connectivity index (χ0) is 42.4. The Bertz CT molecular complexity index is 2220. The lowest BCUT2D eigenvalue weighted by Gasteiger charge is -2.49. The van der Waals surface area contributed by atoms with Gasteiger partial charge in [0.15, 0.2) is 22.3 Å². The van der Waals surface area contributed by atoms with Gasteiger partial charge in [-0.15, -0.1) is 34.4 Å². The molecular formula is C32H27F3N6O13S3. The van der Waals surface area contributed by atoms with Crippen LogP contribution in [0.1, 0.15) is 41.8 Å². The summed E-state index contributed by atoms with van der Waals surface area (Å²) in [6.07, 6.45) is -3.61. The summed E-state index contributed by atoms with van der Waals surface area (Å²) in [7, 11) is 0. The molecule has 1 fully saturated rings. The molecule has 0 radical (unpaired) electrons. The van der Waals surface area contributed by atoms with Gasteiger partial charge in [0.1, 0.15) is 22.8 Å². The molecule has 2 aromatic heterocycles. The number of nitrogen functional groups attached to an aromatic ring is 1. The van der Waals surface area contributed by atoms with Crippen LogP contribution < -0.4 is 20.5 Å². The number of aryl methyl sites for hydroxylation is 1. The Balaban J connectivity index is 0.000000940. The van der Waals surface area contributed by atoms with Gasteiger partial charge in [0.2, 0.25) is 6.10 Å². The van der Waals surface area contributed by atoms with Crippen molar-refractivity contribution in [3.05, 3.63) is 68.3 Å². The van der Waals surface area contributed by atoms with Crippen molar-refractivity contribution in [3.63, 3.8) is 0 Å². The average molecular weight is 857 g/mol. The summed E-state index contributed by atoms with van der Waals surface area (Å²) in [5.41, 5.74) is 7.63. The molecule has 1 saturated heterocycles. The average Bonchev–Trinajstić information content (AvgIpc) is 3.74. The number of carboxylic acid groups (broad SMARTS) is 3. The standard InChI is InChI=1S/C30H26N6O11S3.C2HF3O2/c1-12-20(50-11-32-12)7-5-16-9-48-27-22(26(40)36(27)23(16)28(41)42)34-25(39)21(17-10-49-30(31)33-17)35-47-24(29(43)44)15-4-6-18(45-13(2)37)19(8-15)46-14(3)38;3-2(4,5)1(6)7/h4-8,10-11,22,24,27H,9H2,1-3H3,(H2,31,33)(H,34,39)(H,41,42)(H,43,44);(H,6,7)/b7-5-,35-21?;/t22-,24-,27+;/m1./s1. The number of aromatic nitrogens is 2. The molecule has 2 amide bonds. The number of alkyl halides is 3. The minimum Gasteiger partial charge on any atom is -0.478 e. The highest BCUT2D eigenvalue weighted by Gasteiger charge is 2.54. The van der Waals surface area contributed by atoms with Gasteiger partial charge in [-0.25, -0.2) is 24.4 Å². The molecule has 6 N–H and O–H groups in total. The zero-order valence-electron chi connectivity index (χ0n) is 29.1. The first kappa shape index (κ1) is 43.4. The van der Waals surface area contributed by atoms with E-state index in [2.05, 4.69) is 20.4 Å². The number of anilines is 1. The molecule has 2 aliphatic rings. The Morgan fingerprint density at radius 3 is 2.23 bits per heavy atom. The maximum absolute atomic E-state index is 13.6. The number of carbonyl (C=O) groups is 7. The quantitative estimate of drug-likeness (QED) is 0.0575. The van der Waals surface area contributed by atoms with Gasteiger partial charge >= 0.3 is 36.0 Å². The Morgan fingerprint density at radius 2 is 1.70 bits per heavy atom. The van der Waals surface area contributed by atoms with Crippen LogP contribution in [0.15, 0.2) is 51.6 Å². The molecular weight excluding hydrogens is 830 g/mol. The van der Waals surface area contributed by atoms with Crippen LogP contribution in [0.3, 0.4) is 0 Å². The number of halogens is 3. The molecule has 2 aliphatic heterocycles. The molecule has 57 heavy (non-hydrogen) atoms. The van der Waals surface area contributed by atoms with E-state index in [1.54, 1.807) is 17.7 Å². The number of carboxylic acids is 3. The second kappa shape index (κ2) is 18.1. The highest BCUT2D eigenvalue weighted by atomic mass is 32.2. The number of fused-ring (bicyclic) bond motifs is 1. The summed E-state index contributed by atoms with van der Waals surface area (Å²) >= 11 is 3.57. The summed E-state index contributed by atoms with van der Waals surface area (Å²) in [6.45, 7) is 4.02. The second-order valence-electron chi connectivity index (χ2n) is 11.2. The molecule has 3 aromatic rings. The smallest absolute Gasteiger partial charge is 0.478 e. The van der Waals surface area contributed by atoms with Gasteiger partial charge in [0, 0.05) is 35.4 Å². The van der Waals surface area contributed by atoms with E-state index in [1.165, 1.54) is 40.6 Å². The number of rotatable bonds is 12. The number of hydrogen-bond donors (Lipinski definition) is 5. The highest BCUT2D eigenvalue weighted by Crippen LogP contribution is 2.41. The lowest BCUT2D eigenvalue weighted by molar-refractivity contribution is -0.192. The van der Waals surface area contributed by atoms with E-state index >= 15 is 0 Å². The largest absolute Gasteiger partial charge is 0.490 e. The number of thioether (sulfide) groups is 1. The van der Waals surface area contributed by atoms with Crippen LogP contribution in [-0.2, 0) is 38.4 Å². The van der Waals surface area contributed by atoms with Gasteiger partial charge in [-0.1, -0.05) is 17.3 Å². The molecule has 3 atom stereocenters. The van der Waals surface area contributed by atoms with Crippen LogP contribution in [-0.4, -0.2) is 101 Å². The summed E-state index contributed by atoms with van der Waals surface area (Å²) in [5, 5.41) is 34.0. The predicted molar refractivity (Wildman–Crippen MR) is 193 cm³/mol. The molecule has 1 aromatic carbocycles. The number of ether oxygens (including phenoxy) is 2. The van der Waals surface area contributed by atoms with Crippen LogP contribution >= 0.6 is 34.4 Å². The molecule has 0 aliphatic carbocycles. The fraction of sp³-hybridized carbons (Fsp3) is 0.250. The van der Waals surface area contributed by atoms with Crippen LogP contribution in [0.2, 0.25) is 0 Å². The number of nitrogens with zero attached hydrogens (tertiary/aromatic N) is 4. The monoisotopic (exact) mass is 856 g/mol. The summed E-state index contributed by atoms with van der Waals surface area (Å²) < 4.78 is 41.8. The third kappa shape index (κ3) is 10.7. The third-order valence-corrected chi connectivity index (χ3v) is 10.1. The third-order valence-electron chi connectivity index (χ3n) is 7.18. The summed E-state index contributed by atoms with van der Waals surface area (Å²) in [4.78, 5) is 98.9. The van der Waals surface area contributed by atoms with Gasteiger partial charge in [0.05, 0.1) is 11.2 Å². The Hall–Kier alpha value is -6.34. The fourth-order valence-electron chi connectivity index (χ4n) is 4.74. The number of esters is 2. The van der Waals surface area contributed by atoms with Crippen molar-refractivity contribution < 1.29 is 76.4 Å². The van der Waals surface area contributed by atoms with Crippen molar-refractivity contribution in [1.29, 1.82) is 0 Å². The molecule has 0 bridgehead atoms. The maximum Gasteiger partial charge on any atom is 0.490 e. The Kier molecular flexibility index (Phi) is 13.8. The molecule has 19 nitrogen and oxygen atoms in total. The van der Waals surface area contributed by atoms with E-state index in [9.17, 15) is 52.2 Å². The van der Waals surface area contributed by atoms with E-state index in [-0.39, 0.29) is 39.3 Å². The van der Waals surface area contributed by atoms with Crippen LogP contribution in [0.4, 0.5) is 18.3 Å². The Labute approximate surface area is 329 Å². The van der Waals surface area contributed by atoms with Crippen molar-refractivity contribution in [2.45, 2.75) is 44.5 Å². The van der Waals surface area contributed by atoms with E-state index in [4.69, 9.17) is 29.9 Å². The number of nitrogens with two attached hydrogens (primary N) is 1. The first-order valence-electron chi connectivity index (χ1n) is 15.5.